The molecule has 3 rings (SSSR count). The Morgan fingerprint density at radius 1 is 1.05 bits per heavy atom. The molecule has 0 saturated heterocycles. The van der Waals surface area contributed by atoms with Crippen LogP contribution in [0.15, 0.2) is 60.7 Å². The normalized spacial score (nSPS) is 21.4. The lowest BCUT2D eigenvalue weighted by molar-refractivity contribution is -0.497. The van der Waals surface area contributed by atoms with Crippen LogP contribution in [0.2, 0.25) is 0 Å². The molecule has 5 atom stereocenters. The standard InChI is InChI=1S/C30H38F3NO9/c31-30(32,33)21-9-7-10-23(16-21)41-19-22(35)14-15-25-24(26(36)17-27(25)37)11-3-1-2-4-13-29(38)43-28-12-6-5-8-20(28)18-42-34(39)40/h1,3,5-10,12,16,22,24-27,35-37,39-40H,2,4,11,13-15,17-19H2/b3-1-/t22-,24-,25-,26+,27-/m1/s1. The Balaban J connectivity index is 1.38. The van der Waals surface area contributed by atoms with Crippen molar-refractivity contribution in [2.75, 3.05) is 6.61 Å². The van der Waals surface area contributed by atoms with Gasteiger partial charge in [-0.25, -0.2) is 4.84 Å². The number of benzene rings is 2. The molecule has 0 amide bonds. The summed E-state index contributed by atoms with van der Waals surface area (Å²) in [4.78, 5) is 16.8. The van der Waals surface area contributed by atoms with Gasteiger partial charge in [0.1, 0.15) is 24.7 Å². The van der Waals surface area contributed by atoms with Gasteiger partial charge < -0.3 is 24.8 Å². The molecule has 13 heteroatoms. The summed E-state index contributed by atoms with van der Waals surface area (Å²) in [6, 6.07) is 11.0. The largest absolute Gasteiger partial charge is 0.491 e. The molecule has 0 heterocycles. The van der Waals surface area contributed by atoms with Gasteiger partial charge in [0.2, 0.25) is 0 Å². The van der Waals surface area contributed by atoms with Crippen molar-refractivity contribution in [2.45, 2.75) is 76.0 Å². The number of hydrogen-bond acceptors (Lipinski definition) is 10. The number of alkyl halides is 3. The molecule has 10 nitrogen and oxygen atoms in total. The Hall–Kier alpha value is -3.04. The molecule has 1 fully saturated rings. The van der Waals surface area contributed by atoms with E-state index in [-0.39, 0.29) is 55.8 Å². The summed E-state index contributed by atoms with van der Waals surface area (Å²) in [7, 11) is 0. The Labute approximate surface area is 247 Å². The molecule has 2 aromatic carbocycles. The maximum absolute atomic E-state index is 12.9. The third kappa shape index (κ3) is 11.5. The molecule has 0 unspecified atom stereocenters. The molecule has 1 saturated carbocycles. The van der Waals surface area contributed by atoms with Crippen LogP contribution in [0.5, 0.6) is 11.5 Å². The summed E-state index contributed by atoms with van der Waals surface area (Å²) in [6.45, 7) is -0.419. The van der Waals surface area contributed by atoms with Crippen LogP contribution in [0.4, 0.5) is 13.2 Å². The van der Waals surface area contributed by atoms with Gasteiger partial charge in [0, 0.05) is 12.0 Å². The van der Waals surface area contributed by atoms with E-state index in [9.17, 15) is 33.3 Å². The summed E-state index contributed by atoms with van der Waals surface area (Å²) in [5.41, 5.74) is -0.391. The van der Waals surface area contributed by atoms with Crippen LogP contribution in [0.1, 0.15) is 56.1 Å². The number of ether oxygens (including phenoxy) is 2. The number of esters is 1. The molecule has 0 aromatic heterocycles. The maximum atomic E-state index is 12.9. The molecule has 1 aliphatic carbocycles. The summed E-state index contributed by atoms with van der Waals surface area (Å²) in [6.07, 6.45) is -0.583. The van der Waals surface area contributed by atoms with E-state index in [1.54, 1.807) is 24.3 Å². The van der Waals surface area contributed by atoms with Gasteiger partial charge in [-0.2, -0.15) is 13.2 Å². The van der Waals surface area contributed by atoms with E-state index in [1.165, 1.54) is 12.1 Å². The molecule has 5 N–H and O–H groups in total. The lowest BCUT2D eigenvalue weighted by atomic mass is 9.86. The average molecular weight is 614 g/mol. The smallest absolute Gasteiger partial charge is 0.416 e. The van der Waals surface area contributed by atoms with Gasteiger partial charge >= 0.3 is 12.1 Å². The third-order valence-electron chi connectivity index (χ3n) is 7.32. The highest BCUT2D eigenvalue weighted by molar-refractivity contribution is 5.72. The molecule has 238 valence electrons. The van der Waals surface area contributed by atoms with Gasteiger partial charge in [-0.15, -0.1) is 0 Å². The fourth-order valence-corrected chi connectivity index (χ4v) is 5.09. The van der Waals surface area contributed by atoms with Crippen LogP contribution in [-0.4, -0.2) is 62.0 Å². The van der Waals surface area contributed by atoms with Gasteiger partial charge in [0.15, 0.2) is 0 Å². The number of rotatable bonds is 16. The molecule has 2 aromatic rings. The van der Waals surface area contributed by atoms with Crippen LogP contribution in [0.25, 0.3) is 0 Å². The summed E-state index contributed by atoms with van der Waals surface area (Å²) < 4.78 is 49.3. The average Bonchev–Trinajstić information content (AvgIpc) is 3.23. The number of halogens is 3. The fraction of sp³-hybridized carbons (Fsp3) is 0.500. The zero-order valence-electron chi connectivity index (χ0n) is 23.5. The molecular weight excluding hydrogens is 575 g/mol. The number of carbonyl (C=O) groups excluding carboxylic acids is 1. The molecule has 0 spiro atoms. The predicted octanol–water partition coefficient (Wildman–Crippen LogP) is 4.82. The molecular formula is C30H38F3NO9. The Kier molecular flexibility index (Phi) is 13.4. The highest BCUT2D eigenvalue weighted by atomic mass is 19.4. The topological polar surface area (TPSA) is 149 Å². The van der Waals surface area contributed by atoms with Crippen LogP contribution in [-0.2, 0) is 22.4 Å². The maximum Gasteiger partial charge on any atom is 0.416 e. The Bertz CT molecular complexity index is 1180. The lowest BCUT2D eigenvalue weighted by Crippen LogP contribution is -2.25. The molecule has 43 heavy (non-hydrogen) atoms. The van der Waals surface area contributed by atoms with Crippen molar-refractivity contribution in [1.82, 2.24) is 5.39 Å². The molecule has 0 radical (unpaired) electrons. The summed E-state index contributed by atoms with van der Waals surface area (Å²) in [5, 5.41) is 48.3. The van der Waals surface area contributed by atoms with Crippen molar-refractivity contribution >= 4 is 5.97 Å². The number of allylic oxidation sites excluding steroid dienone is 2. The minimum absolute atomic E-state index is 0.00181. The van der Waals surface area contributed by atoms with Crippen LogP contribution in [0, 0.1) is 11.8 Å². The highest BCUT2D eigenvalue weighted by Crippen LogP contribution is 2.38. The zero-order chi connectivity index (χ0) is 31.4. The van der Waals surface area contributed by atoms with E-state index in [0.717, 1.165) is 12.1 Å². The van der Waals surface area contributed by atoms with Gasteiger partial charge in [-0.05, 0) is 74.6 Å². The van der Waals surface area contributed by atoms with E-state index in [1.807, 2.05) is 12.2 Å². The van der Waals surface area contributed by atoms with Crippen LogP contribution in [0.3, 0.4) is 0 Å². The SMILES string of the molecule is O=C(CCC/C=C\C[C@@H]1[C@@H](CC[C@@H](O)COc2cccc(C(F)(F)F)c2)[C@H](O)C[C@@H]1O)Oc1ccccc1CON(O)O. The van der Waals surface area contributed by atoms with E-state index in [2.05, 4.69) is 4.84 Å². The van der Waals surface area contributed by atoms with Crippen molar-refractivity contribution < 1.29 is 58.0 Å². The number of unbranched alkanes of at least 4 members (excludes halogenated alkanes) is 1. The molecule has 1 aliphatic rings. The fourth-order valence-electron chi connectivity index (χ4n) is 5.09. The third-order valence-corrected chi connectivity index (χ3v) is 7.32. The van der Waals surface area contributed by atoms with Gasteiger partial charge in [-0.3, -0.25) is 15.2 Å². The zero-order valence-corrected chi connectivity index (χ0v) is 23.5. The summed E-state index contributed by atoms with van der Waals surface area (Å²) in [5.74, 6) is -0.725. The first kappa shape index (κ1) is 34.5. The van der Waals surface area contributed by atoms with Crippen molar-refractivity contribution in [3.8, 4) is 11.5 Å². The van der Waals surface area contributed by atoms with Crippen molar-refractivity contribution in [3.63, 3.8) is 0 Å². The van der Waals surface area contributed by atoms with Gasteiger partial charge in [-0.1, -0.05) is 36.4 Å². The van der Waals surface area contributed by atoms with E-state index < -0.39 is 41.4 Å². The van der Waals surface area contributed by atoms with Crippen LogP contribution < -0.4 is 9.47 Å². The van der Waals surface area contributed by atoms with Crippen molar-refractivity contribution in [1.29, 1.82) is 0 Å². The number of aliphatic hydroxyl groups is 3. The van der Waals surface area contributed by atoms with Crippen molar-refractivity contribution in [3.05, 3.63) is 71.8 Å². The quantitative estimate of drug-likeness (QED) is 0.0587. The second-order valence-corrected chi connectivity index (χ2v) is 10.5. The Morgan fingerprint density at radius 3 is 2.53 bits per heavy atom. The monoisotopic (exact) mass is 613 g/mol. The first-order valence-corrected chi connectivity index (χ1v) is 14.0. The second-order valence-electron chi connectivity index (χ2n) is 10.5. The lowest BCUT2D eigenvalue weighted by Gasteiger charge is -2.23. The van der Waals surface area contributed by atoms with Crippen molar-refractivity contribution in [2.24, 2.45) is 11.8 Å². The minimum Gasteiger partial charge on any atom is -0.491 e. The predicted molar refractivity (Wildman–Crippen MR) is 146 cm³/mol. The molecule has 0 bridgehead atoms. The number of nitrogens with zero attached hydrogens (tertiary/aromatic N) is 1. The number of aliphatic hydroxyl groups excluding tert-OH is 3. The number of para-hydroxylation sites is 1. The van der Waals surface area contributed by atoms with E-state index in [4.69, 9.17) is 19.9 Å². The number of carbonyl (C=O) groups is 1. The molecule has 0 aliphatic heterocycles. The van der Waals surface area contributed by atoms with Gasteiger partial charge in [0.25, 0.3) is 0 Å². The highest BCUT2D eigenvalue weighted by Gasteiger charge is 2.40. The Morgan fingerprint density at radius 2 is 1.79 bits per heavy atom. The van der Waals surface area contributed by atoms with E-state index in [0.29, 0.717) is 31.2 Å². The first-order chi connectivity index (χ1) is 20.4. The van der Waals surface area contributed by atoms with Gasteiger partial charge in [0.05, 0.1) is 29.3 Å². The second kappa shape index (κ2) is 16.7. The summed E-state index contributed by atoms with van der Waals surface area (Å²) >= 11 is 0. The minimum atomic E-state index is -4.50. The first-order valence-electron chi connectivity index (χ1n) is 14.0. The number of hydrogen-bond donors (Lipinski definition) is 5. The van der Waals surface area contributed by atoms with Crippen LogP contribution >= 0.6 is 0 Å². The van der Waals surface area contributed by atoms with E-state index >= 15 is 0 Å².